The number of halogens is 3. The molecular weight excluding hydrogens is 695 g/mol. The summed E-state index contributed by atoms with van der Waals surface area (Å²) < 4.78 is 5.73. The predicted molar refractivity (Wildman–Crippen MR) is 195 cm³/mol. The summed E-state index contributed by atoms with van der Waals surface area (Å²) >= 11 is 21.1. The van der Waals surface area contributed by atoms with Gasteiger partial charge in [-0.05, 0) is 37.5 Å². The second-order valence-electron chi connectivity index (χ2n) is 14.2. The van der Waals surface area contributed by atoms with Crippen LogP contribution in [0.2, 0.25) is 15.2 Å². The minimum atomic E-state index is -0.0853. The van der Waals surface area contributed by atoms with E-state index < -0.39 is 0 Å². The first-order chi connectivity index (χ1) is 24.0. The summed E-state index contributed by atoms with van der Waals surface area (Å²) in [4.78, 5) is 37.7. The fourth-order valence-electron chi connectivity index (χ4n) is 8.11. The van der Waals surface area contributed by atoms with Gasteiger partial charge in [-0.2, -0.15) is 0 Å². The van der Waals surface area contributed by atoms with E-state index in [1.54, 1.807) is 7.11 Å². The van der Waals surface area contributed by atoms with E-state index >= 15 is 0 Å². The zero-order valence-corrected chi connectivity index (χ0v) is 30.2. The number of aromatic nitrogens is 2. The maximum absolute atomic E-state index is 11.8. The molecule has 0 unspecified atom stereocenters. The molecule has 4 fully saturated rings. The fraction of sp³-hybridized carbons (Fsp3) is 0.368. The van der Waals surface area contributed by atoms with Crippen LogP contribution in [-0.4, -0.2) is 75.9 Å². The molecule has 258 valence electrons. The van der Waals surface area contributed by atoms with Crippen molar-refractivity contribution >= 4 is 46.6 Å². The number of pyridine rings is 2. The molecule has 0 saturated carbocycles. The third kappa shape index (κ3) is 6.03. The van der Waals surface area contributed by atoms with Crippen LogP contribution in [0.5, 0.6) is 5.88 Å². The molecule has 50 heavy (non-hydrogen) atoms. The van der Waals surface area contributed by atoms with Crippen molar-refractivity contribution in [2.24, 2.45) is 0 Å². The predicted octanol–water partition coefficient (Wildman–Crippen LogP) is 6.68. The van der Waals surface area contributed by atoms with Crippen LogP contribution in [0.1, 0.15) is 42.4 Å². The van der Waals surface area contributed by atoms with Crippen molar-refractivity contribution < 1.29 is 14.3 Å². The van der Waals surface area contributed by atoms with Crippen LogP contribution >= 0.6 is 34.8 Å². The molecular formula is C38H37Cl3N6O3. The average Bonchev–Trinajstić information content (AvgIpc) is 3.65. The Morgan fingerprint density at radius 3 is 1.80 bits per heavy atom. The van der Waals surface area contributed by atoms with Crippen LogP contribution in [0.4, 0.5) is 0 Å². The van der Waals surface area contributed by atoms with E-state index in [0.717, 1.165) is 78.0 Å². The highest BCUT2D eigenvalue weighted by Crippen LogP contribution is 2.43. The van der Waals surface area contributed by atoms with E-state index in [1.165, 1.54) is 0 Å². The van der Waals surface area contributed by atoms with Gasteiger partial charge < -0.3 is 15.4 Å². The van der Waals surface area contributed by atoms with Crippen molar-refractivity contribution in [3.8, 4) is 39.5 Å². The SMILES string of the molecule is COc1nc(-c2cccc(-c3cccc(-c4cc(C)c(CN5CC6(CCC(=O)N6)C5)c(Cl)n4)c3Cl)c2Cl)ccc1CN1CC2(CCC(=O)N2)C1. The number of nitrogens with zero attached hydrogens (tertiary/aromatic N) is 4. The number of benzene rings is 2. The average molecular weight is 732 g/mol. The summed E-state index contributed by atoms with van der Waals surface area (Å²) in [5, 5.41) is 7.77. The Kier molecular flexibility index (Phi) is 8.55. The zero-order valence-electron chi connectivity index (χ0n) is 27.9. The first-order valence-corrected chi connectivity index (χ1v) is 18.0. The van der Waals surface area contributed by atoms with Crippen LogP contribution in [-0.2, 0) is 22.7 Å². The monoisotopic (exact) mass is 730 g/mol. The summed E-state index contributed by atoms with van der Waals surface area (Å²) in [5.74, 6) is 0.818. The molecule has 4 aliphatic rings. The highest BCUT2D eigenvalue weighted by Gasteiger charge is 2.48. The van der Waals surface area contributed by atoms with Crippen molar-refractivity contribution in [1.82, 2.24) is 30.4 Å². The van der Waals surface area contributed by atoms with Crippen LogP contribution in [0.15, 0.2) is 54.6 Å². The number of nitrogens with one attached hydrogen (secondary N) is 2. The summed E-state index contributed by atoms with van der Waals surface area (Å²) in [5.41, 5.74) is 7.25. The number of amides is 2. The van der Waals surface area contributed by atoms with E-state index in [1.807, 2.05) is 61.5 Å². The zero-order chi connectivity index (χ0) is 34.8. The Bertz CT molecular complexity index is 2020. The van der Waals surface area contributed by atoms with Gasteiger partial charge in [0.05, 0.1) is 39.6 Å². The third-order valence-corrected chi connectivity index (χ3v) is 11.7. The summed E-state index contributed by atoms with van der Waals surface area (Å²) in [6, 6.07) is 17.7. The molecule has 6 heterocycles. The molecule has 0 radical (unpaired) electrons. The van der Waals surface area contributed by atoms with Crippen molar-refractivity contribution in [2.75, 3.05) is 33.3 Å². The largest absolute Gasteiger partial charge is 0.481 e. The first-order valence-electron chi connectivity index (χ1n) is 16.9. The van der Waals surface area contributed by atoms with Gasteiger partial charge in [0.1, 0.15) is 5.15 Å². The van der Waals surface area contributed by atoms with Gasteiger partial charge in [0, 0.05) is 85.5 Å². The number of ether oxygens (including phenoxy) is 1. The number of hydrogen-bond donors (Lipinski definition) is 2. The second-order valence-corrected chi connectivity index (χ2v) is 15.4. The molecule has 2 spiro atoms. The van der Waals surface area contributed by atoms with Gasteiger partial charge in [-0.1, -0.05) is 77.3 Å². The van der Waals surface area contributed by atoms with Gasteiger partial charge >= 0.3 is 0 Å². The normalized spacial score (nSPS) is 19.4. The van der Waals surface area contributed by atoms with Gasteiger partial charge in [0.25, 0.3) is 0 Å². The van der Waals surface area contributed by atoms with Gasteiger partial charge in [0.2, 0.25) is 17.7 Å². The van der Waals surface area contributed by atoms with E-state index in [2.05, 4.69) is 20.4 Å². The molecule has 0 atom stereocenters. The van der Waals surface area contributed by atoms with Gasteiger partial charge in [-0.15, -0.1) is 0 Å². The van der Waals surface area contributed by atoms with Crippen LogP contribution in [0, 0.1) is 6.92 Å². The van der Waals surface area contributed by atoms with Gasteiger partial charge in [0.15, 0.2) is 0 Å². The maximum atomic E-state index is 11.8. The Morgan fingerprint density at radius 1 is 0.740 bits per heavy atom. The molecule has 4 aromatic rings. The number of carbonyl (C=O) groups excluding carboxylic acids is 2. The maximum Gasteiger partial charge on any atom is 0.220 e. The molecule has 9 nitrogen and oxygen atoms in total. The topological polar surface area (TPSA) is 99.7 Å². The molecule has 2 aromatic carbocycles. The number of methoxy groups -OCH3 is 1. The Labute approximate surface area is 306 Å². The second kappa shape index (κ2) is 12.8. The van der Waals surface area contributed by atoms with Crippen LogP contribution in [0.25, 0.3) is 33.6 Å². The molecule has 4 aliphatic heterocycles. The number of rotatable bonds is 8. The summed E-state index contributed by atoms with van der Waals surface area (Å²) in [7, 11) is 1.62. The molecule has 2 amide bonds. The quantitative estimate of drug-likeness (QED) is 0.195. The fourth-order valence-corrected chi connectivity index (χ4v) is 9.06. The Balaban J connectivity index is 1.02. The van der Waals surface area contributed by atoms with Gasteiger partial charge in [-0.3, -0.25) is 19.4 Å². The van der Waals surface area contributed by atoms with Crippen molar-refractivity contribution in [3.63, 3.8) is 0 Å². The number of hydrogen-bond acceptors (Lipinski definition) is 7. The van der Waals surface area contributed by atoms with E-state index in [0.29, 0.717) is 58.4 Å². The summed E-state index contributed by atoms with van der Waals surface area (Å²) in [6.45, 7) is 6.67. The Morgan fingerprint density at radius 2 is 1.28 bits per heavy atom. The lowest BCUT2D eigenvalue weighted by molar-refractivity contribution is -0.121. The lowest BCUT2D eigenvalue weighted by Crippen LogP contribution is -2.66. The molecule has 8 rings (SSSR count). The van der Waals surface area contributed by atoms with Crippen molar-refractivity contribution in [1.29, 1.82) is 0 Å². The summed E-state index contributed by atoms with van der Waals surface area (Å²) in [6.07, 6.45) is 2.97. The minimum absolute atomic E-state index is 0.0795. The van der Waals surface area contributed by atoms with E-state index in [-0.39, 0.29) is 22.9 Å². The standard InChI is InChI=1S/C38H37Cl3N6O3/c1-22-15-30(42-35(41)28(22)17-47-20-38(21-47)14-12-32(49)45-38)27-8-4-6-25(34(27)40)24-5-3-7-26(33(24)39)29-10-9-23(36(43-29)50-2)16-46-18-37(19-46)13-11-31(48)44-37/h3-10,15H,11-14,16-21H2,1-2H3,(H,44,48)(H,45,49). The number of aryl methyl sites for hydroxylation is 1. The lowest BCUT2D eigenvalue weighted by atomic mass is 9.88. The molecule has 2 N–H and O–H groups in total. The number of carbonyl (C=O) groups is 2. The van der Waals surface area contributed by atoms with E-state index in [9.17, 15) is 9.59 Å². The van der Waals surface area contributed by atoms with Gasteiger partial charge in [-0.25, -0.2) is 9.97 Å². The Hall–Kier alpha value is -3.73. The smallest absolute Gasteiger partial charge is 0.220 e. The lowest BCUT2D eigenvalue weighted by Gasteiger charge is -2.48. The molecule has 0 bridgehead atoms. The van der Waals surface area contributed by atoms with Crippen LogP contribution < -0.4 is 15.4 Å². The molecule has 0 aliphatic carbocycles. The van der Waals surface area contributed by atoms with E-state index in [4.69, 9.17) is 49.5 Å². The van der Waals surface area contributed by atoms with Crippen molar-refractivity contribution in [2.45, 2.75) is 56.8 Å². The minimum Gasteiger partial charge on any atom is -0.481 e. The highest BCUT2D eigenvalue weighted by molar-refractivity contribution is 6.39. The molecule has 4 saturated heterocycles. The first kappa shape index (κ1) is 33.4. The molecule has 12 heteroatoms. The number of likely N-dealkylation sites (tertiary alicyclic amines) is 2. The highest BCUT2D eigenvalue weighted by atomic mass is 35.5. The molecule has 2 aromatic heterocycles. The van der Waals surface area contributed by atoms with Crippen LogP contribution in [0.3, 0.4) is 0 Å². The third-order valence-electron chi connectivity index (χ3n) is 10.6. The van der Waals surface area contributed by atoms with Crippen molar-refractivity contribution in [3.05, 3.63) is 86.5 Å².